The third kappa shape index (κ3) is 3.00. The van der Waals surface area contributed by atoms with Crippen LogP contribution in [-0.4, -0.2) is 18.0 Å². The molecule has 1 aromatic rings. The smallest absolute Gasteiger partial charge is 0.129 e. The van der Waals surface area contributed by atoms with E-state index >= 15 is 0 Å². The van der Waals surface area contributed by atoms with Crippen LogP contribution in [0.15, 0.2) is 24.3 Å². The molecular weight excluding hydrogens is 196 g/mol. The molecule has 76 valence electrons. The molecule has 0 spiro atoms. The van der Waals surface area contributed by atoms with Crippen LogP contribution in [0.1, 0.15) is 12.0 Å². The molecule has 14 heavy (non-hydrogen) atoms. The SMILES string of the molecule is COc1cc(O)ccc1C=CCCS. The molecule has 0 aliphatic rings. The Morgan fingerprint density at radius 2 is 2.29 bits per heavy atom. The number of phenols is 1. The van der Waals surface area contributed by atoms with Gasteiger partial charge in [0, 0.05) is 11.6 Å². The molecule has 0 fully saturated rings. The van der Waals surface area contributed by atoms with Crippen LogP contribution in [0.4, 0.5) is 0 Å². The van der Waals surface area contributed by atoms with Crippen molar-refractivity contribution in [2.24, 2.45) is 0 Å². The number of benzene rings is 1. The highest BCUT2D eigenvalue weighted by Crippen LogP contribution is 2.24. The maximum absolute atomic E-state index is 9.22. The largest absolute Gasteiger partial charge is 0.508 e. The van der Waals surface area contributed by atoms with Crippen molar-refractivity contribution in [3.05, 3.63) is 29.8 Å². The number of allylic oxidation sites excluding steroid dienone is 1. The van der Waals surface area contributed by atoms with E-state index in [0.29, 0.717) is 5.75 Å². The molecule has 0 aliphatic heterocycles. The summed E-state index contributed by atoms with van der Waals surface area (Å²) in [5.41, 5.74) is 0.965. The Balaban J connectivity index is 2.85. The quantitative estimate of drug-likeness (QED) is 0.748. The second-order valence-corrected chi connectivity index (χ2v) is 3.29. The standard InChI is InChI=1S/C11H14O2S/c1-13-11-8-10(12)6-5-9(11)4-2-3-7-14/h2,4-6,8,12,14H,3,7H2,1H3. The Bertz CT molecular complexity index is 321. The minimum Gasteiger partial charge on any atom is -0.508 e. The van der Waals surface area contributed by atoms with Gasteiger partial charge in [-0.1, -0.05) is 12.2 Å². The van der Waals surface area contributed by atoms with E-state index in [1.165, 1.54) is 0 Å². The first-order chi connectivity index (χ1) is 6.77. The highest BCUT2D eigenvalue weighted by molar-refractivity contribution is 7.80. The van der Waals surface area contributed by atoms with Gasteiger partial charge in [0.05, 0.1) is 7.11 Å². The Morgan fingerprint density at radius 1 is 1.50 bits per heavy atom. The van der Waals surface area contributed by atoms with E-state index in [1.807, 2.05) is 18.2 Å². The van der Waals surface area contributed by atoms with Crippen LogP contribution >= 0.6 is 12.6 Å². The molecule has 0 aromatic heterocycles. The summed E-state index contributed by atoms with van der Waals surface area (Å²) in [6, 6.07) is 5.06. The summed E-state index contributed by atoms with van der Waals surface area (Å²) in [5.74, 6) is 1.73. The molecule has 0 aliphatic carbocycles. The average molecular weight is 210 g/mol. The zero-order valence-corrected chi connectivity index (χ0v) is 9.00. The second kappa shape index (κ2) is 5.60. The van der Waals surface area contributed by atoms with Crippen LogP contribution in [0.3, 0.4) is 0 Å². The van der Waals surface area contributed by atoms with Gasteiger partial charge in [-0.2, -0.15) is 12.6 Å². The van der Waals surface area contributed by atoms with Gasteiger partial charge in [-0.05, 0) is 24.3 Å². The average Bonchev–Trinajstić information content (AvgIpc) is 2.20. The van der Waals surface area contributed by atoms with Crippen molar-refractivity contribution < 1.29 is 9.84 Å². The van der Waals surface area contributed by atoms with Gasteiger partial charge < -0.3 is 9.84 Å². The van der Waals surface area contributed by atoms with Gasteiger partial charge in [0.2, 0.25) is 0 Å². The molecular formula is C11H14O2S. The Morgan fingerprint density at radius 3 is 2.93 bits per heavy atom. The van der Waals surface area contributed by atoms with Gasteiger partial charge in [0.25, 0.3) is 0 Å². The normalized spacial score (nSPS) is 10.7. The minimum absolute atomic E-state index is 0.216. The van der Waals surface area contributed by atoms with Gasteiger partial charge in [-0.3, -0.25) is 0 Å². The molecule has 1 N–H and O–H groups in total. The lowest BCUT2D eigenvalue weighted by molar-refractivity contribution is 0.407. The summed E-state index contributed by atoms with van der Waals surface area (Å²) in [5, 5.41) is 9.22. The first-order valence-electron chi connectivity index (χ1n) is 4.42. The number of thiol groups is 1. The Hall–Kier alpha value is -1.09. The predicted octanol–water partition coefficient (Wildman–Crippen LogP) is 2.73. The van der Waals surface area contributed by atoms with E-state index in [0.717, 1.165) is 17.7 Å². The molecule has 0 saturated heterocycles. The Kier molecular flexibility index (Phi) is 4.40. The minimum atomic E-state index is 0.216. The van der Waals surface area contributed by atoms with Gasteiger partial charge in [-0.15, -0.1) is 0 Å². The summed E-state index contributed by atoms with van der Waals surface area (Å²) in [4.78, 5) is 0. The second-order valence-electron chi connectivity index (χ2n) is 2.84. The van der Waals surface area contributed by atoms with Crippen molar-refractivity contribution in [1.82, 2.24) is 0 Å². The van der Waals surface area contributed by atoms with E-state index in [-0.39, 0.29) is 5.75 Å². The highest BCUT2D eigenvalue weighted by atomic mass is 32.1. The number of ether oxygens (including phenoxy) is 1. The van der Waals surface area contributed by atoms with E-state index < -0.39 is 0 Å². The van der Waals surface area contributed by atoms with Crippen LogP contribution in [-0.2, 0) is 0 Å². The summed E-state index contributed by atoms with van der Waals surface area (Å²) in [6.07, 6.45) is 4.92. The van der Waals surface area contributed by atoms with Crippen LogP contribution in [0.5, 0.6) is 11.5 Å². The molecule has 0 saturated carbocycles. The maximum Gasteiger partial charge on any atom is 0.129 e. The zero-order chi connectivity index (χ0) is 10.4. The molecule has 0 unspecified atom stereocenters. The Labute approximate surface area is 89.6 Å². The van der Waals surface area contributed by atoms with Crippen LogP contribution < -0.4 is 4.74 Å². The fourth-order valence-corrected chi connectivity index (χ4v) is 1.27. The first-order valence-corrected chi connectivity index (χ1v) is 5.05. The molecule has 1 rings (SSSR count). The van der Waals surface area contributed by atoms with E-state index in [9.17, 15) is 5.11 Å². The number of aromatic hydroxyl groups is 1. The number of rotatable bonds is 4. The summed E-state index contributed by atoms with van der Waals surface area (Å²) < 4.78 is 5.13. The molecule has 0 radical (unpaired) electrons. The molecule has 1 aromatic carbocycles. The fourth-order valence-electron chi connectivity index (χ4n) is 1.12. The molecule has 0 atom stereocenters. The van der Waals surface area contributed by atoms with Crippen molar-refractivity contribution in [3.63, 3.8) is 0 Å². The zero-order valence-electron chi connectivity index (χ0n) is 8.10. The van der Waals surface area contributed by atoms with Crippen molar-refractivity contribution >= 4 is 18.7 Å². The molecule has 0 amide bonds. The number of hydrogen-bond donors (Lipinski definition) is 2. The van der Waals surface area contributed by atoms with Crippen LogP contribution in [0, 0.1) is 0 Å². The summed E-state index contributed by atoms with van der Waals surface area (Å²) in [7, 11) is 1.59. The van der Waals surface area contributed by atoms with E-state index in [4.69, 9.17) is 4.74 Å². The van der Waals surface area contributed by atoms with Crippen molar-refractivity contribution in [2.45, 2.75) is 6.42 Å². The predicted molar refractivity (Wildman–Crippen MR) is 62.2 cm³/mol. The number of hydrogen-bond acceptors (Lipinski definition) is 3. The topological polar surface area (TPSA) is 29.5 Å². The lowest BCUT2D eigenvalue weighted by Gasteiger charge is -2.04. The van der Waals surface area contributed by atoms with E-state index in [1.54, 1.807) is 19.2 Å². The van der Waals surface area contributed by atoms with Crippen molar-refractivity contribution in [2.75, 3.05) is 12.9 Å². The molecule has 3 heteroatoms. The highest BCUT2D eigenvalue weighted by Gasteiger charge is 1.99. The van der Waals surface area contributed by atoms with Gasteiger partial charge >= 0.3 is 0 Å². The summed E-state index contributed by atoms with van der Waals surface area (Å²) >= 11 is 4.11. The maximum atomic E-state index is 9.22. The molecule has 2 nitrogen and oxygen atoms in total. The first kappa shape index (κ1) is 11.0. The van der Waals surface area contributed by atoms with E-state index in [2.05, 4.69) is 12.6 Å². The monoisotopic (exact) mass is 210 g/mol. The van der Waals surface area contributed by atoms with Gasteiger partial charge in [0.1, 0.15) is 11.5 Å². The third-order valence-corrected chi connectivity index (χ3v) is 2.07. The lowest BCUT2D eigenvalue weighted by atomic mass is 10.1. The number of phenolic OH excluding ortho intramolecular Hbond substituents is 1. The third-order valence-electron chi connectivity index (χ3n) is 1.81. The fraction of sp³-hybridized carbons (Fsp3) is 0.273. The van der Waals surface area contributed by atoms with Crippen LogP contribution in [0.2, 0.25) is 0 Å². The van der Waals surface area contributed by atoms with Crippen LogP contribution in [0.25, 0.3) is 6.08 Å². The van der Waals surface area contributed by atoms with Crippen molar-refractivity contribution in [1.29, 1.82) is 0 Å². The molecule has 0 heterocycles. The lowest BCUT2D eigenvalue weighted by Crippen LogP contribution is -1.86. The van der Waals surface area contributed by atoms with Gasteiger partial charge in [0.15, 0.2) is 0 Å². The van der Waals surface area contributed by atoms with Crippen molar-refractivity contribution in [3.8, 4) is 11.5 Å². The van der Waals surface area contributed by atoms with Gasteiger partial charge in [-0.25, -0.2) is 0 Å². The summed E-state index contributed by atoms with van der Waals surface area (Å²) in [6.45, 7) is 0. The number of methoxy groups -OCH3 is 1. The molecule has 0 bridgehead atoms.